The molecular formula is C18H16Cl2N4O. The van der Waals surface area contributed by atoms with Gasteiger partial charge < -0.3 is 15.2 Å². The van der Waals surface area contributed by atoms with Gasteiger partial charge in [-0.05, 0) is 42.0 Å². The van der Waals surface area contributed by atoms with Crippen molar-refractivity contribution in [3.05, 3.63) is 82.4 Å². The maximum atomic E-state index is 12.4. The highest BCUT2D eigenvalue weighted by molar-refractivity contribution is 6.30. The number of amides is 2. The monoisotopic (exact) mass is 374 g/mol. The molecule has 2 aromatic carbocycles. The number of hydrogen-bond donors (Lipinski definition) is 2. The molecule has 0 saturated carbocycles. The van der Waals surface area contributed by atoms with Crippen molar-refractivity contribution in [1.29, 1.82) is 0 Å². The summed E-state index contributed by atoms with van der Waals surface area (Å²) in [6, 6.07) is 13.4. The number of benzene rings is 2. The van der Waals surface area contributed by atoms with Crippen LogP contribution in [-0.2, 0) is 7.05 Å². The van der Waals surface area contributed by atoms with Gasteiger partial charge in [-0.3, -0.25) is 0 Å². The Morgan fingerprint density at radius 2 is 1.64 bits per heavy atom. The Morgan fingerprint density at radius 3 is 2.20 bits per heavy atom. The quantitative estimate of drug-likeness (QED) is 0.698. The van der Waals surface area contributed by atoms with Crippen LogP contribution < -0.4 is 10.6 Å². The van der Waals surface area contributed by atoms with E-state index in [0.717, 1.165) is 5.56 Å². The van der Waals surface area contributed by atoms with E-state index in [9.17, 15) is 4.79 Å². The summed E-state index contributed by atoms with van der Waals surface area (Å²) in [6.07, 6.45) is 3.52. The second kappa shape index (κ2) is 7.59. The van der Waals surface area contributed by atoms with Crippen molar-refractivity contribution in [2.75, 3.05) is 5.32 Å². The number of nitrogens with one attached hydrogen (secondary N) is 2. The van der Waals surface area contributed by atoms with Crippen molar-refractivity contribution in [1.82, 2.24) is 14.9 Å². The van der Waals surface area contributed by atoms with Gasteiger partial charge in [0, 0.05) is 35.2 Å². The van der Waals surface area contributed by atoms with Crippen LogP contribution in [0.4, 0.5) is 10.5 Å². The molecule has 1 atom stereocenters. The van der Waals surface area contributed by atoms with Gasteiger partial charge in [-0.1, -0.05) is 35.3 Å². The summed E-state index contributed by atoms with van der Waals surface area (Å²) < 4.78 is 1.86. The molecule has 0 radical (unpaired) electrons. The lowest BCUT2D eigenvalue weighted by atomic mass is 10.1. The van der Waals surface area contributed by atoms with E-state index in [1.165, 1.54) is 0 Å². The Kier molecular flexibility index (Phi) is 5.26. The van der Waals surface area contributed by atoms with Crippen molar-refractivity contribution in [3.8, 4) is 0 Å². The zero-order valence-electron chi connectivity index (χ0n) is 13.4. The van der Waals surface area contributed by atoms with E-state index in [1.54, 1.807) is 42.6 Å². The third kappa shape index (κ3) is 4.32. The van der Waals surface area contributed by atoms with Crippen molar-refractivity contribution in [2.45, 2.75) is 6.04 Å². The normalized spacial score (nSPS) is 11.8. The highest BCUT2D eigenvalue weighted by atomic mass is 35.5. The molecule has 0 fully saturated rings. The van der Waals surface area contributed by atoms with Crippen molar-refractivity contribution < 1.29 is 4.79 Å². The van der Waals surface area contributed by atoms with Crippen LogP contribution in [0.3, 0.4) is 0 Å². The van der Waals surface area contributed by atoms with Crippen LogP contribution in [0.1, 0.15) is 17.4 Å². The Morgan fingerprint density at radius 1 is 1.04 bits per heavy atom. The molecule has 0 spiro atoms. The first-order chi connectivity index (χ1) is 12.0. The summed E-state index contributed by atoms with van der Waals surface area (Å²) in [5, 5.41) is 6.98. The number of nitrogens with zero attached hydrogens (tertiary/aromatic N) is 2. The van der Waals surface area contributed by atoms with Gasteiger partial charge in [0.05, 0.1) is 0 Å². The number of anilines is 1. The van der Waals surface area contributed by atoms with Gasteiger partial charge in [-0.15, -0.1) is 0 Å². The largest absolute Gasteiger partial charge is 0.336 e. The molecule has 3 rings (SSSR count). The fourth-order valence-corrected chi connectivity index (χ4v) is 2.69. The minimum atomic E-state index is -0.412. The fourth-order valence-electron chi connectivity index (χ4n) is 2.44. The standard InChI is InChI=1S/C18H16Cl2N4O/c1-24-11-10-21-17(24)16(12-2-4-13(19)5-3-12)23-18(25)22-15-8-6-14(20)7-9-15/h2-11,16H,1H3,(H2,22,23,25)/t16-/m0/s1. The number of aryl methyl sites for hydroxylation is 1. The molecule has 0 unspecified atom stereocenters. The number of urea groups is 1. The molecule has 5 nitrogen and oxygen atoms in total. The SMILES string of the molecule is Cn1ccnc1[C@@H](NC(=O)Nc1ccc(Cl)cc1)c1ccc(Cl)cc1. The number of imidazole rings is 1. The summed E-state index contributed by atoms with van der Waals surface area (Å²) in [7, 11) is 1.88. The number of carbonyl (C=O) groups excluding carboxylic acids is 1. The average Bonchev–Trinajstić information content (AvgIpc) is 3.01. The van der Waals surface area contributed by atoms with Gasteiger partial charge in [0.25, 0.3) is 0 Å². The molecule has 2 N–H and O–H groups in total. The summed E-state index contributed by atoms with van der Waals surface area (Å²) in [4.78, 5) is 16.8. The molecule has 128 valence electrons. The summed E-state index contributed by atoms with van der Waals surface area (Å²) in [6.45, 7) is 0. The first kappa shape index (κ1) is 17.3. The molecule has 3 aromatic rings. The minimum Gasteiger partial charge on any atom is -0.336 e. The molecule has 1 heterocycles. The number of rotatable bonds is 4. The van der Waals surface area contributed by atoms with E-state index < -0.39 is 6.04 Å². The van der Waals surface area contributed by atoms with Gasteiger partial charge in [-0.25, -0.2) is 9.78 Å². The Bertz CT molecular complexity index is 860. The molecule has 0 saturated heterocycles. The first-order valence-corrected chi connectivity index (χ1v) is 8.34. The van der Waals surface area contributed by atoms with Crippen LogP contribution in [0.25, 0.3) is 0 Å². The molecule has 25 heavy (non-hydrogen) atoms. The van der Waals surface area contributed by atoms with E-state index in [4.69, 9.17) is 23.2 Å². The molecule has 1 aromatic heterocycles. The van der Waals surface area contributed by atoms with E-state index in [0.29, 0.717) is 21.6 Å². The van der Waals surface area contributed by atoms with Crippen molar-refractivity contribution in [2.24, 2.45) is 7.05 Å². The lowest BCUT2D eigenvalue weighted by Gasteiger charge is -2.19. The third-order valence-corrected chi connectivity index (χ3v) is 4.20. The maximum Gasteiger partial charge on any atom is 0.320 e. The molecule has 0 aliphatic heterocycles. The zero-order valence-corrected chi connectivity index (χ0v) is 14.9. The number of halogens is 2. The highest BCUT2D eigenvalue weighted by Crippen LogP contribution is 2.22. The topological polar surface area (TPSA) is 59.0 Å². The first-order valence-electron chi connectivity index (χ1n) is 7.59. The van der Waals surface area contributed by atoms with Gasteiger partial charge in [0.15, 0.2) is 0 Å². The molecule has 0 aliphatic carbocycles. The maximum absolute atomic E-state index is 12.4. The highest BCUT2D eigenvalue weighted by Gasteiger charge is 2.20. The van der Waals surface area contributed by atoms with Crippen LogP contribution in [0, 0.1) is 0 Å². The summed E-state index contributed by atoms with van der Waals surface area (Å²) in [5.74, 6) is 0.716. The Balaban J connectivity index is 1.82. The van der Waals surface area contributed by atoms with Crippen LogP contribution in [0.5, 0.6) is 0 Å². The predicted molar refractivity (Wildman–Crippen MR) is 100 cm³/mol. The Hall–Kier alpha value is -2.50. The second-order valence-corrected chi connectivity index (χ2v) is 6.36. The lowest BCUT2D eigenvalue weighted by Crippen LogP contribution is -2.34. The van der Waals surface area contributed by atoms with E-state index in [2.05, 4.69) is 15.6 Å². The van der Waals surface area contributed by atoms with Gasteiger partial charge in [-0.2, -0.15) is 0 Å². The number of aromatic nitrogens is 2. The lowest BCUT2D eigenvalue weighted by molar-refractivity contribution is 0.249. The minimum absolute atomic E-state index is 0.342. The van der Waals surface area contributed by atoms with Crippen LogP contribution in [0.2, 0.25) is 10.0 Å². The Labute approximate surface area is 155 Å². The third-order valence-electron chi connectivity index (χ3n) is 3.70. The molecule has 2 amide bonds. The van der Waals surface area contributed by atoms with Gasteiger partial charge in [0.2, 0.25) is 0 Å². The van der Waals surface area contributed by atoms with Crippen LogP contribution >= 0.6 is 23.2 Å². The van der Waals surface area contributed by atoms with Crippen molar-refractivity contribution >= 4 is 34.9 Å². The van der Waals surface area contributed by atoms with Gasteiger partial charge in [0.1, 0.15) is 11.9 Å². The molecular weight excluding hydrogens is 359 g/mol. The summed E-state index contributed by atoms with van der Waals surface area (Å²) >= 11 is 11.8. The number of hydrogen-bond acceptors (Lipinski definition) is 2. The summed E-state index contributed by atoms with van der Waals surface area (Å²) in [5.41, 5.74) is 1.53. The predicted octanol–water partition coefficient (Wildman–Crippen LogP) is 4.64. The van der Waals surface area contributed by atoms with Crippen LogP contribution in [-0.4, -0.2) is 15.6 Å². The molecule has 0 bridgehead atoms. The van der Waals surface area contributed by atoms with Gasteiger partial charge >= 0.3 is 6.03 Å². The average molecular weight is 375 g/mol. The van der Waals surface area contributed by atoms with E-state index in [1.807, 2.05) is 29.9 Å². The van der Waals surface area contributed by atoms with Crippen LogP contribution in [0.15, 0.2) is 60.9 Å². The van der Waals surface area contributed by atoms with E-state index in [-0.39, 0.29) is 6.03 Å². The molecule has 7 heteroatoms. The van der Waals surface area contributed by atoms with E-state index >= 15 is 0 Å². The fraction of sp³-hybridized carbons (Fsp3) is 0.111. The number of carbonyl (C=O) groups is 1. The molecule has 0 aliphatic rings. The smallest absolute Gasteiger partial charge is 0.320 e. The zero-order chi connectivity index (χ0) is 17.8. The van der Waals surface area contributed by atoms with Crippen molar-refractivity contribution in [3.63, 3.8) is 0 Å². The second-order valence-electron chi connectivity index (χ2n) is 5.49.